The molecule has 2 heteroatoms. The molecule has 1 nitrogen and oxygen atoms in total. The number of aliphatic hydroxyl groups excluding tert-OH is 1. The van der Waals surface area contributed by atoms with Gasteiger partial charge in [-0.3, -0.25) is 0 Å². The van der Waals surface area contributed by atoms with Crippen molar-refractivity contribution in [1.29, 1.82) is 0 Å². The summed E-state index contributed by atoms with van der Waals surface area (Å²) in [7, 11) is 1.00. The van der Waals surface area contributed by atoms with Crippen LogP contribution in [0, 0.1) is 0 Å². The van der Waals surface area contributed by atoms with E-state index in [1.165, 1.54) is 42.1 Å². The average Bonchev–Trinajstić information content (AvgIpc) is 2.31. The SMILES string of the molecule is CO.C[CH]([Pb])c1ccc2ccccc2c1. The third kappa shape index (κ3) is 3.28. The van der Waals surface area contributed by atoms with Crippen LogP contribution >= 0.6 is 0 Å². The van der Waals surface area contributed by atoms with E-state index in [-0.39, 0.29) is 0 Å². The molecule has 1 unspecified atom stereocenters. The Morgan fingerprint density at radius 2 is 1.60 bits per heavy atom. The van der Waals surface area contributed by atoms with E-state index in [2.05, 4.69) is 49.4 Å². The summed E-state index contributed by atoms with van der Waals surface area (Å²) >= 11 is 1.23. The van der Waals surface area contributed by atoms with Crippen molar-refractivity contribution in [3.63, 3.8) is 0 Å². The molecule has 3 radical (unpaired) electrons. The summed E-state index contributed by atoms with van der Waals surface area (Å²) in [5.41, 5.74) is 1.48. The molecular weight excluding hydrogens is 379 g/mol. The predicted octanol–water partition coefficient (Wildman–Crippen LogP) is 2.68. The molecule has 15 heavy (non-hydrogen) atoms. The molecule has 0 amide bonds. The summed E-state index contributed by atoms with van der Waals surface area (Å²) < 4.78 is 0.754. The zero-order valence-electron chi connectivity index (χ0n) is 9.07. The summed E-state index contributed by atoms with van der Waals surface area (Å²) in [6, 6.07) is 15.3. The number of hydrogen-bond donors (Lipinski definition) is 1. The third-order valence-electron chi connectivity index (χ3n) is 2.27. The van der Waals surface area contributed by atoms with Crippen LogP contribution in [0.15, 0.2) is 42.5 Å². The van der Waals surface area contributed by atoms with Gasteiger partial charge in [0.05, 0.1) is 0 Å². The first-order chi connectivity index (χ1) is 7.27. The van der Waals surface area contributed by atoms with E-state index >= 15 is 0 Å². The molecule has 0 aliphatic rings. The van der Waals surface area contributed by atoms with Crippen LogP contribution in [0.2, 0.25) is 0 Å². The molecule has 0 saturated heterocycles. The molecule has 0 aromatic heterocycles. The Morgan fingerprint density at radius 1 is 1.00 bits per heavy atom. The van der Waals surface area contributed by atoms with Crippen LogP contribution in [0.25, 0.3) is 10.8 Å². The summed E-state index contributed by atoms with van der Waals surface area (Å²) in [5.74, 6) is 0. The minimum absolute atomic E-state index is 0.754. The van der Waals surface area contributed by atoms with Crippen molar-refractivity contribution in [3.8, 4) is 0 Å². The molecule has 0 aliphatic heterocycles. The molecule has 2 rings (SSSR count). The molecular formula is C13H15OPb. The second kappa shape index (κ2) is 6.23. The molecule has 2 aromatic carbocycles. The third-order valence-corrected chi connectivity index (χ3v) is 3.57. The Hall–Kier alpha value is -0.418. The fourth-order valence-electron chi connectivity index (χ4n) is 1.48. The standard InChI is InChI=1S/C12H11.CH4O.Pb/c1-2-10-7-8-11-5-3-4-6-12(11)9-10;1-2;/h2-9H,1H3;2H,1H3;. The maximum atomic E-state index is 7.00. The van der Waals surface area contributed by atoms with Crippen molar-refractivity contribution < 1.29 is 5.11 Å². The maximum absolute atomic E-state index is 7.00. The van der Waals surface area contributed by atoms with Crippen LogP contribution < -0.4 is 0 Å². The van der Waals surface area contributed by atoms with Crippen molar-refractivity contribution in [2.24, 2.45) is 0 Å². The average molecular weight is 394 g/mol. The van der Waals surface area contributed by atoms with Crippen molar-refractivity contribution in [2.75, 3.05) is 7.11 Å². The van der Waals surface area contributed by atoms with Gasteiger partial charge in [-0.05, 0) is 0 Å². The zero-order valence-corrected chi connectivity index (χ0v) is 13.0. The molecule has 0 bridgehead atoms. The number of rotatable bonds is 1. The molecule has 0 saturated carbocycles. The fourth-order valence-corrected chi connectivity index (χ4v) is 2.18. The quantitative estimate of drug-likeness (QED) is 0.738. The van der Waals surface area contributed by atoms with Crippen molar-refractivity contribution in [3.05, 3.63) is 48.0 Å². The van der Waals surface area contributed by atoms with Crippen molar-refractivity contribution in [2.45, 2.75) is 10.4 Å². The molecule has 2 aromatic rings. The first-order valence-corrected chi connectivity index (χ1v) is 7.16. The van der Waals surface area contributed by atoms with E-state index in [1.54, 1.807) is 0 Å². The van der Waals surface area contributed by atoms with Gasteiger partial charge in [-0.2, -0.15) is 0 Å². The van der Waals surface area contributed by atoms with Crippen LogP contribution in [0.4, 0.5) is 0 Å². The Morgan fingerprint density at radius 3 is 2.20 bits per heavy atom. The zero-order chi connectivity index (χ0) is 11.3. The topological polar surface area (TPSA) is 20.2 Å². The van der Waals surface area contributed by atoms with E-state index in [0.29, 0.717) is 0 Å². The summed E-state index contributed by atoms with van der Waals surface area (Å²) in [4.78, 5) is 0. The second-order valence-electron chi connectivity index (χ2n) is 3.33. The van der Waals surface area contributed by atoms with Crippen LogP contribution in [0.5, 0.6) is 0 Å². The van der Waals surface area contributed by atoms with Crippen LogP contribution in [-0.4, -0.2) is 38.0 Å². The molecule has 0 spiro atoms. The van der Waals surface area contributed by atoms with E-state index in [0.717, 1.165) is 10.6 Å². The van der Waals surface area contributed by atoms with Crippen LogP contribution in [0.1, 0.15) is 16.0 Å². The van der Waals surface area contributed by atoms with Gasteiger partial charge in [0, 0.05) is 7.11 Å². The Labute approximate surface area is 107 Å². The second-order valence-corrected chi connectivity index (χ2v) is 6.69. The van der Waals surface area contributed by atoms with E-state index < -0.39 is 0 Å². The van der Waals surface area contributed by atoms with Crippen LogP contribution in [0.3, 0.4) is 0 Å². The van der Waals surface area contributed by atoms with E-state index in [9.17, 15) is 0 Å². The number of hydrogen-bond acceptors (Lipinski definition) is 1. The molecule has 1 atom stereocenters. The molecule has 1 N–H and O–H groups in total. The van der Waals surface area contributed by atoms with Gasteiger partial charge < -0.3 is 5.11 Å². The molecule has 0 aliphatic carbocycles. The summed E-state index contributed by atoms with van der Waals surface area (Å²) in [6.07, 6.45) is 0. The summed E-state index contributed by atoms with van der Waals surface area (Å²) in [5, 5.41) is 9.70. The normalized spacial score (nSPS) is 11.7. The van der Waals surface area contributed by atoms with Crippen LogP contribution in [-0.2, 0) is 0 Å². The van der Waals surface area contributed by atoms with Gasteiger partial charge >= 0.3 is 95.0 Å². The molecule has 0 heterocycles. The predicted molar refractivity (Wildman–Crippen MR) is 66.3 cm³/mol. The first kappa shape index (κ1) is 12.7. The van der Waals surface area contributed by atoms with E-state index in [4.69, 9.17) is 5.11 Å². The Bertz CT molecular complexity index is 424. The van der Waals surface area contributed by atoms with Crippen molar-refractivity contribution in [1.82, 2.24) is 0 Å². The fraction of sp³-hybridized carbons (Fsp3) is 0.231. The number of fused-ring (bicyclic) bond motifs is 1. The molecule has 77 valence electrons. The van der Waals surface area contributed by atoms with Gasteiger partial charge in [-0.15, -0.1) is 0 Å². The number of benzene rings is 2. The monoisotopic (exact) mass is 395 g/mol. The first-order valence-electron chi connectivity index (χ1n) is 4.92. The van der Waals surface area contributed by atoms with Gasteiger partial charge in [0.2, 0.25) is 0 Å². The Balaban J connectivity index is 0.000000531. The van der Waals surface area contributed by atoms with Gasteiger partial charge in [-0.1, -0.05) is 0 Å². The van der Waals surface area contributed by atoms with Gasteiger partial charge in [0.1, 0.15) is 0 Å². The van der Waals surface area contributed by atoms with E-state index in [1.807, 2.05) is 0 Å². The molecule has 0 fully saturated rings. The summed E-state index contributed by atoms with van der Waals surface area (Å²) in [6.45, 7) is 2.29. The van der Waals surface area contributed by atoms with Gasteiger partial charge in [0.15, 0.2) is 0 Å². The van der Waals surface area contributed by atoms with Crippen molar-refractivity contribution >= 4 is 36.5 Å². The number of aliphatic hydroxyl groups is 1. The minimum atomic E-state index is 0.754. The Kier molecular flexibility index (Phi) is 5.25. The van der Waals surface area contributed by atoms with Gasteiger partial charge in [0.25, 0.3) is 0 Å². The van der Waals surface area contributed by atoms with Gasteiger partial charge in [-0.25, -0.2) is 0 Å².